The summed E-state index contributed by atoms with van der Waals surface area (Å²) in [5.41, 5.74) is 0.691. The van der Waals surface area contributed by atoms with Gasteiger partial charge in [-0.25, -0.2) is 4.79 Å². The van der Waals surface area contributed by atoms with Gasteiger partial charge in [-0.05, 0) is 72.1 Å². The lowest BCUT2D eigenvalue weighted by Crippen LogP contribution is -2.32. The average Bonchev–Trinajstić information content (AvgIpc) is 3.02. The molecule has 0 amide bonds. The van der Waals surface area contributed by atoms with E-state index in [0.29, 0.717) is 16.0 Å². The van der Waals surface area contributed by atoms with Crippen molar-refractivity contribution in [2.45, 2.75) is 25.3 Å². The Balaban J connectivity index is 1.52. The van der Waals surface area contributed by atoms with Gasteiger partial charge < -0.3 is 4.90 Å². The SMILES string of the molecule is O=c1[nH]c(=O)n(CCCN2CC[C@@H](c3ccc(Cl)cc3)C2)cc1I. The third-order valence-electron chi connectivity index (χ3n) is 4.45. The minimum absolute atomic E-state index is 0.317. The van der Waals surface area contributed by atoms with Crippen molar-refractivity contribution in [2.24, 2.45) is 0 Å². The third-order valence-corrected chi connectivity index (χ3v) is 5.47. The fourth-order valence-corrected chi connectivity index (χ4v) is 3.75. The highest BCUT2D eigenvalue weighted by Crippen LogP contribution is 2.28. The number of aromatic amines is 1. The van der Waals surface area contributed by atoms with E-state index >= 15 is 0 Å². The highest BCUT2D eigenvalue weighted by Gasteiger charge is 2.23. The Hall–Kier alpha value is -1.12. The van der Waals surface area contributed by atoms with Crippen molar-refractivity contribution in [3.63, 3.8) is 0 Å². The molecule has 128 valence electrons. The summed E-state index contributed by atoms with van der Waals surface area (Å²) in [6.07, 6.45) is 3.66. The van der Waals surface area contributed by atoms with Crippen LogP contribution in [0.1, 0.15) is 24.3 Å². The number of H-pyrrole nitrogens is 1. The molecule has 0 unspecified atom stereocenters. The van der Waals surface area contributed by atoms with Crippen LogP contribution in [-0.2, 0) is 6.54 Å². The van der Waals surface area contributed by atoms with E-state index in [1.165, 1.54) is 5.56 Å². The van der Waals surface area contributed by atoms with E-state index in [4.69, 9.17) is 11.6 Å². The molecule has 1 N–H and O–H groups in total. The highest BCUT2D eigenvalue weighted by atomic mass is 127. The van der Waals surface area contributed by atoms with Crippen molar-refractivity contribution in [2.75, 3.05) is 19.6 Å². The molecule has 2 heterocycles. The molecule has 3 rings (SSSR count). The molecular formula is C17H19ClIN3O2. The van der Waals surface area contributed by atoms with Gasteiger partial charge in [0.25, 0.3) is 5.56 Å². The maximum atomic E-state index is 11.8. The summed E-state index contributed by atoms with van der Waals surface area (Å²) in [4.78, 5) is 27.9. The first-order valence-electron chi connectivity index (χ1n) is 8.00. The summed E-state index contributed by atoms with van der Waals surface area (Å²) >= 11 is 7.89. The molecule has 1 atom stereocenters. The van der Waals surface area contributed by atoms with Gasteiger partial charge in [0.1, 0.15) is 0 Å². The van der Waals surface area contributed by atoms with E-state index in [0.717, 1.165) is 37.5 Å². The molecule has 0 aliphatic carbocycles. The van der Waals surface area contributed by atoms with E-state index in [9.17, 15) is 9.59 Å². The van der Waals surface area contributed by atoms with Crippen LogP contribution in [0.5, 0.6) is 0 Å². The number of benzene rings is 1. The summed E-state index contributed by atoms with van der Waals surface area (Å²) < 4.78 is 2.12. The van der Waals surface area contributed by atoms with Crippen molar-refractivity contribution in [3.8, 4) is 0 Å². The van der Waals surface area contributed by atoms with Crippen LogP contribution in [0.2, 0.25) is 5.02 Å². The first-order valence-corrected chi connectivity index (χ1v) is 9.45. The zero-order valence-electron chi connectivity index (χ0n) is 13.2. The van der Waals surface area contributed by atoms with Gasteiger partial charge in [0, 0.05) is 24.3 Å². The Bertz CT molecular complexity index is 816. The Labute approximate surface area is 158 Å². The van der Waals surface area contributed by atoms with E-state index in [-0.39, 0.29) is 11.2 Å². The minimum Gasteiger partial charge on any atom is -0.303 e. The molecule has 24 heavy (non-hydrogen) atoms. The molecule has 1 aromatic heterocycles. The molecule has 0 spiro atoms. The van der Waals surface area contributed by atoms with Gasteiger partial charge >= 0.3 is 5.69 Å². The Morgan fingerprint density at radius 2 is 1.96 bits per heavy atom. The number of aromatic nitrogens is 2. The first-order chi connectivity index (χ1) is 11.5. The van der Waals surface area contributed by atoms with Gasteiger partial charge in [-0.1, -0.05) is 23.7 Å². The van der Waals surface area contributed by atoms with Gasteiger partial charge in [-0.3, -0.25) is 14.3 Å². The average molecular weight is 460 g/mol. The molecule has 5 nitrogen and oxygen atoms in total. The number of hydrogen-bond acceptors (Lipinski definition) is 3. The monoisotopic (exact) mass is 459 g/mol. The Kier molecular flexibility index (Phi) is 5.78. The van der Waals surface area contributed by atoms with Crippen LogP contribution in [0.15, 0.2) is 40.1 Å². The van der Waals surface area contributed by atoms with Crippen molar-refractivity contribution in [1.29, 1.82) is 0 Å². The summed E-state index contributed by atoms with van der Waals surface area (Å²) in [6.45, 7) is 3.69. The van der Waals surface area contributed by atoms with Crippen LogP contribution < -0.4 is 11.2 Å². The van der Waals surface area contributed by atoms with Crippen LogP contribution in [0.4, 0.5) is 0 Å². The molecule has 1 fully saturated rings. The summed E-state index contributed by atoms with van der Waals surface area (Å²) in [7, 11) is 0. The van der Waals surface area contributed by atoms with E-state index in [1.54, 1.807) is 10.8 Å². The lowest BCUT2D eigenvalue weighted by atomic mass is 9.99. The van der Waals surface area contributed by atoms with Gasteiger partial charge in [-0.15, -0.1) is 0 Å². The molecular weight excluding hydrogens is 441 g/mol. The van der Waals surface area contributed by atoms with E-state index in [1.807, 2.05) is 34.7 Å². The second-order valence-corrected chi connectivity index (χ2v) is 7.72. The second-order valence-electron chi connectivity index (χ2n) is 6.12. The zero-order valence-corrected chi connectivity index (χ0v) is 16.1. The predicted octanol–water partition coefficient (Wildman–Crippen LogP) is 2.67. The fraction of sp³-hybridized carbons (Fsp3) is 0.412. The van der Waals surface area contributed by atoms with Crippen molar-refractivity contribution >= 4 is 34.2 Å². The quantitative estimate of drug-likeness (QED) is 0.700. The zero-order chi connectivity index (χ0) is 17.1. The molecule has 0 bridgehead atoms. The molecule has 7 heteroatoms. The summed E-state index contributed by atoms with van der Waals surface area (Å²) in [5.74, 6) is 0.555. The topological polar surface area (TPSA) is 58.1 Å². The van der Waals surface area contributed by atoms with Crippen LogP contribution in [-0.4, -0.2) is 34.1 Å². The summed E-state index contributed by atoms with van der Waals surface area (Å²) in [6, 6.07) is 8.12. The molecule has 1 aliphatic heterocycles. The van der Waals surface area contributed by atoms with E-state index in [2.05, 4.69) is 22.0 Å². The molecule has 0 saturated carbocycles. The number of rotatable bonds is 5. The normalized spacial score (nSPS) is 18.2. The first kappa shape index (κ1) is 17.7. The standard InChI is InChI=1S/C17H19ClIN3O2/c18-14-4-2-12(3-5-14)13-6-9-21(10-13)7-1-8-22-11-15(19)16(23)20-17(22)24/h2-5,11,13H,1,6-10H2,(H,20,23,24)/t13-/m1/s1. The van der Waals surface area contributed by atoms with E-state index < -0.39 is 0 Å². The van der Waals surface area contributed by atoms with Crippen molar-refractivity contribution < 1.29 is 0 Å². The number of nitrogens with one attached hydrogen (secondary N) is 1. The third kappa shape index (κ3) is 4.29. The molecule has 0 radical (unpaired) electrons. The van der Waals surface area contributed by atoms with Crippen LogP contribution in [0, 0.1) is 3.57 Å². The fourth-order valence-electron chi connectivity index (χ4n) is 3.16. The second kappa shape index (κ2) is 7.84. The predicted molar refractivity (Wildman–Crippen MR) is 104 cm³/mol. The minimum atomic E-state index is -0.333. The van der Waals surface area contributed by atoms with Crippen molar-refractivity contribution in [1.82, 2.24) is 14.5 Å². The molecule has 1 saturated heterocycles. The molecule has 1 aliphatic rings. The van der Waals surface area contributed by atoms with Gasteiger partial charge in [-0.2, -0.15) is 0 Å². The van der Waals surface area contributed by atoms with Crippen LogP contribution >= 0.6 is 34.2 Å². The highest BCUT2D eigenvalue weighted by molar-refractivity contribution is 14.1. The number of hydrogen-bond donors (Lipinski definition) is 1. The maximum Gasteiger partial charge on any atom is 0.328 e. The maximum absolute atomic E-state index is 11.8. The molecule has 2 aromatic rings. The van der Waals surface area contributed by atoms with Gasteiger partial charge in [0.05, 0.1) is 3.57 Å². The van der Waals surface area contributed by atoms with Gasteiger partial charge in [0.2, 0.25) is 0 Å². The Morgan fingerprint density at radius 1 is 1.21 bits per heavy atom. The van der Waals surface area contributed by atoms with Crippen LogP contribution in [0.25, 0.3) is 0 Å². The lowest BCUT2D eigenvalue weighted by Gasteiger charge is -2.16. The number of halogens is 2. The number of likely N-dealkylation sites (tertiary alicyclic amines) is 1. The van der Waals surface area contributed by atoms with Gasteiger partial charge in [0.15, 0.2) is 0 Å². The van der Waals surface area contributed by atoms with Crippen LogP contribution in [0.3, 0.4) is 0 Å². The summed E-state index contributed by atoms with van der Waals surface area (Å²) in [5, 5.41) is 0.773. The smallest absolute Gasteiger partial charge is 0.303 e. The number of aryl methyl sites for hydroxylation is 1. The largest absolute Gasteiger partial charge is 0.328 e. The lowest BCUT2D eigenvalue weighted by molar-refractivity contribution is 0.320. The Morgan fingerprint density at radius 3 is 2.71 bits per heavy atom. The molecule has 1 aromatic carbocycles. The number of nitrogens with zero attached hydrogens (tertiary/aromatic N) is 2. The van der Waals surface area contributed by atoms with Crippen molar-refractivity contribution in [3.05, 3.63) is 65.5 Å².